The number of anilines is 1. The summed E-state index contributed by atoms with van der Waals surface area (Å²) in [6.45, 7) is 1.48. The average molecular weight is 312 g/mol. The van der Waals surface area contributed by atoms with E-state index in [2.05, 4.69) is 9.64 Å². The van der Waals surface area contributed by atoms with Gasteiger partial charge in [0.05, 0.1) is 17.6 Å². The Morgan fingerprint density at radius 3 is 2.65 bits per heavy atom. The van der Waals surface area contributed by atoms with Crippen LogP contribution in [0.2, 0.25) is 0 Å². The lowest BCUT2D eigenvalue weighted by atomic mass is 10.1. The van der Waals surface area contributed by atoms with Gasteiger partial charge in [-0.15, -0.1) is 0 Å². The summed E-state index contributed by atoms with van der Waals surface area (Å²) >= 11 is 0. The van der Waals surface area contributed by atoms with Crippen LogP contribution < -0.4 is 4.90 Å². The van der Waals surface area contributed by atoms with E-state index in [0.717, 1.165) is 29.8 Å². The second-order valence-electron chi connectivity index (χ2n) is 5.43. The second-order valence-corrected chi connectivity index (χ2v) is 5.43. The van der Waals surface area contributed by atoms with Crippen molar-refractivity contribution < 1.29 is 14.5 Å². The van der Waals surface area contributed by atoms with Crippen LogP contribution in [0.1, 0.15) is 21.5 Å². The molecule has 3 rings (SSSR count). The highest BCUT2D eigenvalue weighted by Gasteiger charge is 2.22. The highest BCUT2D eigenvalue weighted by atomic mass is 16.6. The maximum absolute atomic E-state index is 11.4. The van der Waals surface area contributed by atoms with E-state index in [4.69, 9.17) is 0 Å². The number of ether oxygens (including phenoxy) is 1. The molecule has 6 nitrogen and oxygen atoms in total. The first kappa shape index (κ1) is 15.0. The van der Waals surface area contributed by atoms with Crippen molar-refractivity contribution in [2.24, 2.45) is 0 Å². The molecule has 118 valence electrons. The minimum Gasteiger partial charge on any atom is -0.465 e. The Morgan fingerprint density at radius 2 is 2.00 bits per heavy atom. The molecular weight excluding hydrogens is 296 g/mol. The zero-order valence-corrected chi connectivity index (χ0v) is 12.7. The fraction of sp³-hybridized carbons (Fsp3) is 0.235. The molecule has 6 heteroatoms. The molecule has 0 saturated heterocycles. The van der Waals surface area contributed by atoms with Gasteiger partial charge in [-0.05, 0) is 29.7 Å². The standard InChI is InChI=1S/C17H16N2O4/c1-23-17(20)14-4-2-12(3-5-14)11-18-9-8-13-6-7-15(19(21)22)10-16(13)18/h2-7,10H,8-9,11H2,1H3. The van der Waals surface area contributed by atoms with Crippen LogP contribution in [0.5, 0.6) is 0 Å². The first-order chi connectivity index (χ1) is 11.1. The summed E-state index contributed by atoms with van der Waals surface area (Å²) in [5, 5.41) is 10.9. The number of hydrogen-bond acceptors (Lipinski definition) is 5. The highest BCUT2D eigenvalue weighted by Crippen LogP contribution is 2.32. The van der Waals surface area contributed by atoms with E-state index in [-0.39, 0.29) is 16.6 Å². The number of carbonyl (C=O) groups excluding carboxylic acids is 1. The molecule has 0 N–H and O–H groups in total. The van der Waals surface area contributed by atoms with Crippen molar-refractivity contribution in [3.8, 4) is 0 Å². The number of non-ortho nitro benzene ring substituents is 1. The van der Waals surface area contributed by atoms with Gasteiger partial charge in [0.15, 0.2) is 0 Å². The van der Waals surface area contributed by atoms with Gasteiger partial charge in [0.1, 0.15) is 0 Å². The summed E-state index contributed by atoms with van der Waals surface area (Å²) in [6.07, 6.45) is 0.883. The number of carbonyl (C=O) groups is 1. The third-order valence-electron chi connectivity index (χ3n) is 4.02. The van der Waals surface area contributed by atoms with Crippen LogP contribution in [0.3, 0.4) is 0 Å². The SMILES string of the molecule is COC(=O)c1ccc(CN2CCc3ccc([N+](=O)[O-])cc32)cc1. The summed E-state index contributed by atoms with van der Waals surface area (Å²) in [5.74, 6) is -0.362. The summed E-state index contributed by atoms with van der Waals surface area (Å²) in [5.41, 5.74) is 3.69. The van der Waals surface area contributed by atoms with Crippen LogP contribution in [0.25, 0.3) is 0 Å². The van der Waals surface area contributed by atoms with E-state index >= 15 is 0 Å². The van der Waals surface area contributed by atoms with Crippen LogP contribution >= 0.6 is 0 Å². The molecule has 2 aromatic carbocycles. The average Bonchev–Trinajstić information content (AvgIpc) is 2.97. The van der Waals surface area contributed by atoms with E-state index in [0.29, 0.717) is 12.1 Å². The van der Waals surface area contributed by atoms with Gasteiger partial charge in [-0.25, -0.2) is 4.79 Å². The number of methoxy groups -OCH3 is 1. The van der Waals surface area contributed by atoms with Gasteiger partial charge < -0.3 is 9.64 Å². The van der Waals surface area contributed by atoms with Crippen LogP contribution in [-0.2, 0) is 17.7 Å². The van der Waals surface area contributed by atoms with Gasteiger partial charge in [0, 0.05) is 30.9 Å². The fourth-order valence-corrected chi connectivity index (χ4v) is 2.80. The summed E-state index contributed by atoms with van der Waals surface area (Å²) in [4.78, 5) is 24.1. The Labute approximate surface area is 133 Å². The van der Waals surface area contributed by atoms with Crippen LogP contribution in [0, 0.1) is 10.1 Å². The third kappa shape index (κ3) is 3.01. The molecule has 0 saturated carbocycles. The number of esters is 1. The van der Waals surface area contributed by atoms with Crippen LogP contribution in [0.15, 0.2) is 42.5 Å². The normalized spacial score (nSPS) is 12.8. The Morgan fingerprint density at radius 1 is 1.26 bits per heavy atom. The van der Waals surface area contributed by atoms with Crippen molar-refractivity contribution in [2.75, 3.05) is 18.6 Å². The number of fused-ring (bicyclic) bond motifs is 1. The van der Waals surface area contributed by atoms with Crippen molar-refractivity contribution >= 4 is 17.3 Å². The number of nitro benzene ring substituents is 1. The molecule has 0 fully saturated rings. The number of nitrogens with zero attached hydrogens (tertiary/aromatic N) is 2. The highest BCUT2D eigenvalue weighted by molar-refractivity contribution is 5.89. The van der Waals surface area contributed by atoms with Crippen LogP contribution in [0.4, 0.5) is 11.4 Å². The monoisotopic (exact) mass is 312 g/mol. The zero-order chi connectivity index (χ0) is 16.4. The minimum atomic E-state index is -0.373. The van der Waals surface area contributed by atoms with E-state index in [1.54, 1.807) is 24.3 Å². The topological polar surface area (TPSA) is 72.7 Å². The molecular formula is C17H16N2O4. The minimum absolute atomic E-state index is 0.108. The van der Waals surface area contributed by atoms with E-state index in [1.807, 2.05) is 18.2 Å². The first-order valence-corrected chi connectivity index (χ1v) is 7.28. The van der Waals surface area contributed by atoms with Crippen molar-refractivity contribution in [3.05, 3.63) is 69.3 Å². The summed E-state index contributed by atoms with van der Waals surface area (Å²) in [6, 6.07) is 12.2. The van der Waals surface area contributed by atoms with E-state index in [9.17, 15) is 14.9 Å². The smallest absolute Gasteiger partial charge is 0.337 e. The Balaban J connectivity index is 1.79. The van der Waals surface area contributed by atoms with Crippen molar-refractivity contribution in [2.45, 2.75) is 13.0 Å². The maximum atomic E-state index is 11.4. The molecule has 0 atom stereocenters. The molecule has 1 heterocycles. The fourth-order valence-electron chi connectivity index (χ4n) is 2.80. The van der Waals surface area contributed by atoms with Gasteiger partial charge in [-0.2, -0.15) is 0 Å². The molecule has 0 aromatic heterocycles. The predicted octanol–water partition coefficient (Wildman–Crippen LogP) is 2.94. The maximum Gasteiger partial charge on any atom is 0.337 e. The Kier molecular flexibility index (Phi) is 3.97. The molecule has 2 aromatic rings. The number of hydrogen-bond donors (Lipinski definition) is 0. The number of benzene rings is 2. The first-order valence-electron chi connectivity index (χ1n) is 7.28. The van der Waals surface area contributed by atoms with Crippen molar-refractivity contribution in [3.63, 3.8) is 0 Å². The molecule has 0 aliphatic carbocycles. The quantitative estimate of drug-likeness (QED) is 0.493. The summed E-state index contributed by atoms with van der Waals surface area (Å²) in [7, 11) is 1.35. The molecule has 0 radical (unpaired) electrons. The van der Waals surface area contributed by atoms with Crippen molar-refractivity contribution in [1.29, 1.82) is 0 Å². The predicted molar refractivity (Wildman–Crippen MR) is 85.6 cm³/mol. The van der Waals surface area contributed by atoms with Gasteiger partial charge in [0.25, 0.3) is 5.69 Å². The second kappa shape index (κ2) is 6.08. The number of nitro groups is 1. The van der Waals surface area contributed by atoms with E-state index < -0.39 is 0 Å². The van der Waals surface area contributed by atoms with Gasteiger partial charge in [-0.1, -0.05) is 18.2 Å². The molecule has 0 bridgehead atoms. The Bertz CT molecular complexity index is 756. The van der Waals surface area contributed by atoms with E-state index in [1.165, 1.54) is 7.11 Å². The molecule has 1 aliphatic rings. The van der Waals surface area contributed by atoms with Gasteiger partial charge >= 0.3 is 5.97 Å². The Hall–Kier alpha value is -2.89. The zero-order valence-electron chi connectivity index (χ0n) is 12.7. The molecule has 1 aliphatic heterocycles. The molecule has 23 heavy (non-hydrogen) atoms. The molecule has 0 amide bonds. The molecule has 0 unspecified atom stereocenters. The summed E-state index contributed by atoms with van der Waals surface area (Å²) < 4.78 is 4.68. The molecule has 0 spiro atoms. The van der Waals surface area contributed by atoms with Gasteiger partial charge in [0.2, 0.25) is 0 Å². The lowest BCUT2D eigenvalue weighted by Crippen LogP contribution is -2.19. The van der Waals surface area contributed by atoms with Gasteiger partial charge in [-0.3, -0.25) is 10.1 Å². The lowest BCUT2D eigenvalue weighted by Gasteiger charge is -2.19. The van der Waals surface area contributed by atoms with Crippen molar-refractivity contribution in [1.82, 2.24) is 0 Å². The largest absolute Gasteiger partial charge is 0.465 e. The lowest BCUT2D eigenvalue weighted by molar-refractivity contribution is -0.384. The number of rotatable bonds is 4. The third-order valence-corrected chi connectivity index (χ3v) is 4.02. The van der Waals surface area contributed by atoms with Crippen LogP contribution in [-0.4, -0.2) is 24.5 Å².